The maximum Gasteiger partial charge on any atom is 0.154 e. The van der Waals surface area contributed by atoms with Crippen LogP contribution in [0.3, 0.4) is 0 Å². The molecule has 0 spiro atoms. The van der Waals surface area contributed by atoms with Crippen LogP contribution >= 0.6 is 0 Å². The van der Waals surface area contributed by atoms with Crippen LogP contribution < -0.4 is 0 Å². The van der Waals surface area contributed by atoms with Crippen LogP contribution in [-0.2, 0) is 0 Å². The molecule has 2 N–H and O–H groups in total. The number of aldehydes is 1. The SMILES string of the molecule is O=Cc1c2[nH]c3ccccc3c2cc2c1[nH]c1ccccc12. The van der Waals surface area contributed by atoms with Crippen LogP contribution in [-0.4, -0.2) is 16.3 Å². The van der Waals surface area contributed by atoms with Crippen molar-refractivity contribution in [3.8, 4) is 0 Å². The molecular formula is C19H12N2O. The number of aromatic amines is 2. The molecule has 3 nitrogen and oxygen atoms in total. The average molecular weight is 284 g/mol. The van der Waals surface area contributed by atoms with Gasteiger partial charge < -0.3 is 9.97 Å². The van der Waals surface area contributed by atoms with Gasteiger partial charge in [-0.2, -0.15) is 0 Å². The number of H-pyrrole nitrogens is 2. The van der Waals surface area contributed by atoms with Crippen molar-refractivity contribution in [3.63, 3.8) is 0 Å². The van der Waals surface area contributed by atoms with Crippen molar-refractivity contribution in [1.82, 2.24) is 9.97 Å². The van der Waals surface area contributed by atoms with E-state index in [9.17, 15) is 4.79 Å². The monoisotopic (exact) mass is 284 g/mol. The highest BCUT2D eigenvalue weighted by Crippen LogP contribution is 2.35. The number of aromatic nitrogens is 2. The zero-order valence-electron chi connectivity index (χ0n) is 11.7. The van der Waals surface area contributed by atoms with Gasteiger partial charge in [-0.3, -0.25) is 4.79 Å². The molecule has 104 valence electrons. The first-order valence-corrected chi connectivity index (χ1v) is 7.26. The van der Waals surface area contributed by atoms with Gasteiger partial charge in [-0.05, 0) is 18.2 Å². The van der Waals surface area contributed by atoms with Crippen molar-refractivity contribution in [3.05, 3.63) is 60.2 Å². The van der Waals surface area contributed by atoms with Gasteiger partial charge in [-0.1, -0.05) is 36.4 Å². The van der Waals surface area contributed by atoms with E-state index in [0.29, 0.717) is 5.56 Å². The Hall–Kier alpha value is -3.07. The Morgan fingerprint density at radius 1 is 0.682 bits per heavy atom. The van der Waals surface area contributed by atoms with Crippen LogP contribution in [0.5, 0.6) is 0 Å². The number of carbonyl (C=O) groups is 1. The number of fused-ring (bicyclic) bond motifs is 6. The van der Waals surface area contributed by atoms with Crippen molar-refractivity contribution >= 4 is 49.9 Å². The van der Waals surface area contributed by atoms with E-state index in [4.69, 9.17) is 0 Å². The predicted octanol–water partition coefficient (Wildman–Crippen LogP) is 4.77. The maximum absolute atomic E-state index is 11.7. The van der Waals surface area contributed by atoms with Gasteiger partial charge in [0, 0.05) is 32.6 Å². The first-order chi connectivity index (χ1) is 10.9. The molecule has 0 bridgehead atoms. The molecule has 0 aliphatic heterocycles. The van der Waals surface area contributed by atoms with Crippen molar-refractivity contribution in [1.29, 1.82) is 0 Å². The van der Waals surface area contributed by atoms with E-state index in [1.807, 2.05) is 36.4 Å². The lowest BCUT2D eigenvalue weighted by atomic mass is 10.0. The van der Waals surface area contributed by atoms with Crippen molar-refractivity contribution in [2.24, 2.45) is 0 Å². The van der Waals surface area contributed by atoms with Crippen LogP contribution in [0.2, 0.25) is 0 Å². The van der Waals surface area contributed by atoms with E-state index < -0.39 is 0 Å². The highest BCUT2D eigenvalue weighted by molar-refractivity contribution is 6.23. The summed E-state index contributed by atoms with van der Waals surface area (Å²) in [6.45, 7) is 0. The van der Waals surface area contributed by atoms with Gasteiger partial charge in [-0.25, -0.2) is 0 Å². The summed E-state index contributed by atoms with van der Waals surface area (Å²) in [4.78, 5) is 18.5. The van der Waals surface area contributed by atoms with Gasteiger partial charge in [0.25, 0.3) is 0 Å². The number of rotatable bonds is 1. The van der Waals surface area contributed by atoms with E-state index >= 15 is 0 Å². The fourth-order valence-corrected chi connectivity index (χ4v) is 3.44. The Labute approximate surface area is 125 Å². The van der Waals surface area contributed by atoms with Crippen LogP contribution in [0.4, 0.5) is 0 Å². The molecule has 2 aromatic heterocycles. The van der Waals surface area contributed by atoms with Crippen molar-refractivity contribution < 1.29 is 4.79 Å². The van der Waals surface area contributed by atoms with Crippen LogP contribution in [0.25, 0.3) is 43.6 Å². The second-order valence-electron chi connectivity index (χ2n) is 5.59. The predicted molar refractivity (Wildman–Crippen MR) is 90.6 cm³/mol. The second-order valence-corrected chi connectivity index (χ2v) is 5.59. The number of para-hydroxylation sites is 2. The molecule has 0 fully saturated rings. The van der Waals surface area contributed by atoms with Crippen LogP contribution in [0.15, 0.2) is 54.6 Å². The summed E-state index contributed by atoms with van der Waals surface area (Å²) in [6, 6.07) is 18.5. The average Bonchev–Trinajstić information content (AvgIpc) is 3.11. The zero-order chi connectivity index (χ0) is 14.7. The van der Waals surface area contributed by atoms with Gasteiger partial charge >= 0.3 is 0 Å². The Bertz CT molecular complexity index is 1110. The molecule has 22 heavy (non-hydrogen) atoms. The maximum atomic E-state index is 11.7. The minimum Gasteiger partial charge on any atom is -0.354 e. The number of carbonyl (C=O) groups excluding carboxylic acids is 1. The molecule has 0 saturated heterocycles. The van der Waals surface area contributed by atoms with Gasteiger partial charge in [0.15, 0.2) is 6.29 Å². The summed E-state index contributed by atoms with van der Waals surface area (Å²) in [6.07, 6.45) is 0.940. The van der Waals surface area contributed by atoms with Gasteiger partial charge in [0.05, 0.1) is 16.6 Å². The van der Waals surface area contributed by atoms with Crippen LogP contribution in [0.1, 0.15) is 10.4 Å². The molecule has 5 rings (SSSR count). The highest BCUT2D eigenvalue weighted by Gasteiger charge is 2.15. The van der Waals surface area contributed by atoms with Crippen molar-refractivity contribution in [2.45, 2.75) is 0 Å². The van der Waals surface area contributed by atoms with Gasteiger partial charge in [0.2, 0.25) is 0 Å². The standard InChI is InChI=1S/C19H12N2O/c22-10-15-18-13(11-5-1-3-7-16(11)20-18)9-14-12-6-2-4-8-17(12)21-19(14)15/h1-10,20-21H. The zero-order valence-corrected chi connectivity index (χ0v) is 11.7. The van der Waals surface area contributed by atoms with E-state index in [1.165, 1.54) is 0 Å². The Morgan fingerprint density at radius 2 is 1.18 bits per heavy atom. The minimum atomic E-state index is 0.694. The third kappa shape index (κ3) is 1.33. The van der Waals surface area contributed by atoms with Crippen molar-refractivity contribution in [2.75, 3.05) is 0 Å². The topological polar surface area (TPSA) is 48.6 Å². The van der Waals surface area contributed by atoms with E-state index in [-0.39, 0.29) is 0 Å². The molecule has 0 aliphatic carbocycles. The van der Waals surface area contributed by atoms with Gasteiger partial charge in [0.1, 0.15) is 0 Å². The molecule has 3 aromatic carbocycles. The van der Waals surface area contributed by atoms with E-state index in [0.717, 1.165) is 49.9 Å². The summed E-state index contributed by atoms with van der Waals surface area (Å²) in [5.41, 5.74) is 4.60. The molecule has 0 aliphatic rings. The third-order valence-electron chi connectivity index (χ3n) is 4.44. The molecule has 0 unspecified atom stereocenters. The molecule has 0 saturated carbocycles. The Balaban J connectivity index is 2.12. The summed E-state index contributed by atoms with van der Waals surface area (Å²) in [5.74, 6) is 0. The summed E-state index contributed by atoms with van der Waals surface area (Å²) in [5, 5.41) is 4.48. The highest BCUT2D eigenvalue weighted by atomic mass is 16.1. The minimum absolute atomic E-state index is 0.694. The summed E-state index contributed by atoms with van der Waals surface area (Å²) in [7, 11) is 0. The Morgan fingerprint density at radius 3 is 1.68 bits per heavy atom. The second kappa shape index (κ2) is 3.98. The number of hydrogen-bond acceptors (Lipinski definition) is 1. The largest absolute Gasteiger partial charge is 0.354 e. The normalized spacial score (nSPS) is 11.8. The molecular weight excluding hydrogens is 272 g/mol. The van der Waals surface area contributed by atoms with E-state index in [1.54, 1.807) is 0 Å². The quantitative estimate of drug-likeness (QED) is 0.428. The smallest absolute Gasteiger partial charge is 0.154 e. The van der Waals surface area contributed by atoms with Gasteiger partial charge in [-0.15, -0.1) is 0 Å². The third-order valence-corrected chi connectivity index (χ3v) is 4.44. The molecule has 5 aromatic rings. The molecule has 0 atom stereocenters. The molecule has 0 radical (unpaired) electrons. The number of nitrogens with one attached hydrogen (secondary N) is 2. The lowest BCUT2D eigenvalue weighted by Gasteiger charge is -1.99. The molecule has 0 amide bonds. The fourth-order valence-electron chi connectivity index (χ4n) is 3.44. The number of hydrogen-bond donors (Lipinski definition) is 2. The van der Waals surface area contributed by atoms with E-state index in [2.05, 4.69) is 28.2 Å². The molecule has 3 heteroatoms. The first kappa shape index (κ1) is 11.6. The fraction of sp³-hybridized carbons (Fsp3) is 0. The summed E-state index contributed by atoms with van der Waals surface area (Å²) < 4.78 is 0. The molecule has 2 heterocycles. The van der Waals surface area contributed by atoms with Crippen LogP contribution in [0, 0.1) is 0 Å². The lowest BCUT2D eigenvalue weighted by molar-refractivity contribution is 0.112. The lowest BCUT2D eigenvalue weighted by Crippen LogP contribution is -1.85. The Kier molecular flexibility index (Phi) is 2.09. The first-order valence-electron chi connectivity index (χ1n) is 7.26. The number of benzene rings is 3. The summed E-state index contributed by atoms with van der Waals surface area (Å²) >= 11 is 0.